The van der Waals surface area contributed by atoms with Crippen molar-refractivity contribution < 1.29 is 17.9 Å². The molecule has 114 valence electrons. The number of hydrogen-bond donors (Lipinski definition) is 2. The van der Waals surface area contributed by atoms with E-state index in [-0.39, 0.29) is 35.6 Å². The van der Waals surface area contributed by atoms with E-state index in [0.29, 0.717) is 18.7 Å². The number of nitrogens with two attached hydrogens (primary N) is 1. The summed E-state index contributed by atoms with van der Waals surface area (Å²) in [4.78, 5) is 11.8. The van der Waals surface area contributed by atoms with E-state index in [1.165, 1.54) is 31.4 Å². The first-order valence-corrected chi connectivity index (χ1v) is 7.46. The Balaban J connectivity index is 0.00000361. The predicted octanol–water partition coefficient (Wildman–Crippen LogP) is 0.217. The Labute approximate surface area is 125 Å². The molecule has 0 radical (unpaired) electrons. The minimum Gasteiger partial charge on any atom is -0.384 e. The van der Waals surface area contributed by atoms with E-state index >= 15 is 0 Å². The Bertz CT molecular complexity index is 517. The van der Waals surface area contributed by atoms with Gasteiger partial charge in [-0.15, -0.1) is 12.4 Å². The molecule has 0 aliphatic rings. The predicted molar refractivity (Wildman–Crippen MR) is 79.0 cm³/mol. The number of hydrogen-bond acceptors (Lipinski definition) is 5. The van der Waals surface area contributed by atoms with Crippen LogP contribution in [0.25, 0.3) is 0 Å². The number of sulfone groups is 1. The summed E-state index contributed by atoms with van der Waals surface area (Å²) in [6.45, 7) is 0.878. The molecule has 0 aromatic heterocycles. The van der Waals surface area contributed by atoms with Gasteiger partial charge < -0.3 is 15.8 Å². The topological polar surface area (TPSA) is 98.5 Å². The molecular formula is C12H19ClN2O4S. The third-order valence-electron chi connectivity index (χ3n) is 2.46. The van der Waals surface area contributed by atoms with E-state index < -0.39 is 9.84 Å². The molecule has 20 heavy (non-hydrogen) atoms. The number of nitrogens with one attached hydrogen (secondary N) is 1. The highest BCUT2D eigenvalue weighted by Crippen LogP contribution is 2.12. The lowest BCUT2D eigenvalue weighted by Gasteiger charge is -2.06. The van der Waals surface area contributed by atoms with Crippen LogP contribution in [0, 0.1) is 0 Å². The molecule has 0 saturated carbocycles. The van der Waals surface area contributed by atoms with E-state index in [4.69, 9.17) is 10.5 Å². The Morgan fingerprint density at radius 1 is 1.30 bits per heavy atom. The van der Waals surface area contributed by atoms with Gasteiger partial charge in [-0.25, -0.2) is 8.42 Å². The van der Waals surface area contributed by atoms with Gasteiger partial charge in [-0.1, -0.05) is 0 Å². The molecule has 0 atom stereocenters. The van der Waals surface area contributed by atoms with Crippen molar-refractivity contribution >= 4 is 28.2 Å². The highest BCUT2D eigenvalue weighted by Gasteiger charge is 2.14. The van der Waals surface area contributed by atoms with Gasteiger partial charge in [-0.2, -0.15) is 0 Å². The SMILES string of the molecule is COCCS(=O)(=O)c1ccc(C(=O)NCCN)cc1.Cl. The number of carbonyl (C=O) groups is 1. The minimum atomic E-state index is -3.36. The third kappa shape index (κ3) is 5.46. The van der Waals surface area contributed by atoms with Gasteiger partial charge in [-0.3, -0.25) is 4.79 Å². The minimum absolute atomic E-state index is 0. The molecule has 0 heterocycles. The van der Waals surface area contributed by atoms with Crippen LogP contribution in [0.15, 0.2) is 29.2 Å². The summed E-state index contributed by atoms with van der Waals surface area (Å²) in [5.74, 6) is -0.353. The van der Waals surface area contributed by atoms with Gasteiger partial charge in [0.25, 0.3) is 5.91 Å². The number of amides is 1. The smallest absolute Gasteiger partial charge is 0.251 e. The van der Waals surface area contributed by atoms with Gasteiger partial charge in [0.05, 0.1) is 17.3 Å². The zero-order valence-corrected chi connectivity index (χ0v) is 12.8. The number of carbonyl (C=O) groups excluding carboxylic acids is 1. The van der Waals surface area contributed by atoms with Crippen LogP contribution in [0.3, 0.4) is 0 Å². The monoisotopic (exact) mass is 322 g/mol. The fourth-order valence-corrected chi connectivity index (χ4v) is 2.58. The maximum absolute atomic E-state index is 11.8. The van der Waals surface area contributed by atoms with Crippen molar-refractivity contribution in [1.29, 1.82) is 0 Å². The van der Waals surface area contributed by atoms with Gasteiger partial charge in [0.15, 0.2) is 9.84 Å². The van der Waals surface area contributed by atoms with Crippen LogP contribution in [0.1, 0.15) is 10.4 Å². The number of methoxy groups -OCH3 is 1. The first-order valence-electron chi connectivity index (χ1n) is 5.81. The first kappa shape index (κ1) is 18.9. The zero-order chi connectivity index (χ0) is 14.3. The summed E-state index contributed by atoms with van der Waals surface area (Å²) in [7, 11) is -1.91. The van der Waals surface area contributed by atoms with Crippen molar-refractivity contribution in [2.75, 3.05) is 32.6 Å². The van der Waals surface area contributed by atoms with Crippen molar-refractivity contribution in [2.45, 2.75) is 4.90 Å². The lowest BCUT2D eigenvalue weighted by atomic mass is 10.2. The van der Waals surface area contributed by atoms with Gasteiger partial charge in [0.2, 0.25) is 0 Å². The van der Waals surface area contributed by atoms with Crippen LogP contribution in [0.4, 0.5) is 0 Å². The molecule has 0 bridgehead atoms. The summed E-state index contributed by atoms with van der Waals surface area (Å²) in [5, 5.41) is 2.61. The lowest BCUT2D eigenvalue weighted by molar-refractivity contribution is 0.0954. The van der Waals surface area contributed by atoms with Crippen LogP contribution >= 0.6 is 12.4 Å². The molecule has 8 heteroatoms. The molecule has 0 unspecified atom stereocenters. The molecule has 3 N–H and O–H groups in total. The second-order valence-electron chi connectivity index (χ2n) is 3.88. The van der Waals surface area contributed by atoms with Gasteiger partial charge in [0.1, 0.15) is 0 Å². The quantitative estimate of drug-likeness (QED) is 0.748. The van der Waals surface area contributed by atoms with E-state index in [1.807, 2.05) is 0 Å². The Morgan fingerprint density at radius 2 is 1.90 bits per heavy atom. The molecule has 0 fully saturated rings. The molecule has 0 aliphatic heterocycles. The summed E-state index contributed by atoms with van der Waals surface area (Å²) in [5.41, 5.74) is 5.68. The second-order valence-corrected chi connectivity index (χ2v) is 5.99. The second kappa shape index (κ2) is 8.91. The zero-order valence-electron chi connectivity index (χ0n) is 11.2. The maximum atomic E-state index is 11.8. The third-order valence-corrected chi connectivity index (χ3v) is 4.16. The van der Waals surface area contributed by atoms with E-state index in [9.17, 15) is 13.2 Å². The van der Waals surface area contributed by atoms with E-state index in [2.05, 4.69) is 5.32 Å². The number of rotatable bonds is 7. The number of benzene rings is 1. The fourth-order valence-electron chi connectivity index (χ4n) is 1.41. The van der Waals surface area contributed by atoms with Crippen LogP contribution < -0.4 is 11.1 Å². The van der Waals surface area contributed by atoms with Crippen LogP contribution in [-0.4, -0.2) is 46.9 Å². The molecule has 0 saturated heterocycles. The molecule has 1 rings (SSSR count). The standard InChI is InChI=1S/C12H18N2O4S.ClH/c1-18-8-9-19(16,17)11-4-2-10(3-5-11)12(15)14-7-6-13;/h2-5H,6-9,13H2,1H3,(H,14,15);1H. The number of halogens is 1. The summed E-state index contributed by atoms with van der Waals surface area (Å²) >= 11 is 0. The summed E-state index contributed by atoms with van der Waals surface area (Å²) < 4.78 is 28.4. The van der Waals surface area contributed by atoms with Crippen LogP contribution in [0.5, 0.6) is 0 Å². The molecule has 1 amide bonds. The van der Waals surface area contributed by atoms with Gasteiger partial charge in [-0.05, 0) is 24.3 Å². The molecule has 0 aliphatic carbocycles. The van der Waals surface area contributed by atoms with Crippen LogP contribution in [-0.2, 0) is 14.6 Å². The van der Waals surface area contributed by atoms with Crippen molar-refractivity contribution in [1.82, 2.24) is 5.32 Å². The molecular weight excluding hydrogens is 304 g/mol. The average molecular weight is 323 g/mol. The van der Waals surface area contributed by atoms with E-state index in [0.717, 1.165) is 0 Å². The van der Waals surface area contributed by atoms with Crippen LogP contribution in [0.2, 0.25) is 0 Å². The van der Waals surface area contributed by atoms with Gasteiger partial charge >= 0.3 is 0 Å². The number of ether oxygens (including phenoxy) is 1. The Kier molecular flexibility index (Phi) is 8.40. The van der Waals surface area contributed by atoms with Gasteiger partial charge in [0, 0.05) is 25.8 Å². The van der Waals surface area contributed by atoms with Crippen molar-refractivity contribution in [3.8, 4) is 0 Å². The molecule has 6 nitrogen and oxygen atoms in total. The molecule has 1 aromatic rings. The first-order chi connectivity index (χ1) is 9.01. The highest BCUT2D eigenvalue weighted by molar-refractivity contribution is 7.91. The van der Waals surface area contributed by atoms with Crippen molar-refractivity contribution in [3.05, 3.63) is 29.8 Å². The fraction of sp³-hybridized carbons (Fsp3) is 0.417. The average Bonchev–Trinajstić information content (AvgIpc) is 2.42. The largest absolute Gasteiger partial charge is 0.384 e. The Morgan fingerprint density at radius 3 is 2.40 bits per heavy atom. The van der Waals surface area contributed by atoms with Crippen molar-refractivity contribution in [3.63, 3.8) is 0 Å². The van der Waals surface area contributed by atoms with Crippen molar-refractivity contribution in [2.24, 2.45) is 5.73 Å². The highest BCUT2D eigenvalue weighted by atomic mass is 35.5. The normalized spacial score (nSPS) is 10.7. The lowest BCUT2D eigenvalue weighted by Crippen LogP contribution is -2.28. The Hall–Kier alpha value is -1.15. The summed E-state index contributed by atoms with van der Waals surface area (Å²) in [6.07, 6.45) is 0. The summed E-state index contributed by atoms with van der Waals surface area (Å²) in [6, 6.07) is 5.79. The molecule has 0 spiro atoms. The maximum Gasteiger partial charge on any atom is 0.251 e. The molecule has 1 aromatic carbocycles. The van der Waals surface area contributed by atoms with E-state index in [1.54, 1.807) is 0 Å².